The van der Waals surface area contributed by atoms with E-state index in [0.29, 0.717) is 13.2 Å². The summed E-state index contributed by atoms with van der Waals surface area (Å²) in [5.41, 5.74) is 0. The molecule has 0 aromatic heterocycles. The molecule has 0 aliphatic heterocycles. The second kappa shape index (κ2) is 11.5. The highest BCUT2D eigenvalue weighted by Gasteiger charge is 2.17. The molecule has 6 heteroatoms. The van der Waals surface area contributed by atoms with Gasteiger partial charge in [0, 0.05) is 15.2 Å². The van der Waals surface area contributed by atoms with Crippen LogP contribution in [-0.4, -0.2) is 23.9 Å². The summed E-state index contributed by atoms with van der Waals surface area (Å²) in [6.45, 7) is 0.617. The minimum absolute atomic E-state index is 0.308. The zero-order chi connectivity index (χ0) is 10.6. The van der Waals surface area contributed by atoms with E-state index in [1.807, 2.05) is 12.2 Å². The van der Waals surface area contributed by atoms with Gasteiger partial charge in [-0.25, -0.2) is 0 Å². The Hall–Kier alpha value is 0.460. The normalized spacial score (nSPS) is 12.9. The Bertz CT molecular complexity index is 187. The highest BCUT2D eigenvalue weighted by molar-refractivity contribution is 9.09. The van der Waals surface area contributed by atoms with Crippen LogP contribution in [0.5, 0.6) is 0 Å². The molecule has 0 fully saturated rings. The number of alkyl halides is 2. The summed E-state index contributed by atoms with van der Waals surface area (Å²) >= 11 is 6.43. The van der Waals surface area contributed by atoms with E-state index in [9.17, 15) is 4.57 Å². The maximum atomic E-state index is 11.0. The molecule has 3 nitrogen and oxygen atoms in total. The average molecular weight is 347 g/mol. The lowest BCUT2D eigenvalue weighted by molar-refractivity contribution is 0.261. The van der Waals surface area contributed by atoms with Crippen molar-refractivity contribution in [3.63, 3.8) is 0 Å². The molecule has 0 amide bonds. The first-order valence-corrected chi connectivity index (χ1v) is 7.30. The van der Waals surface area contributed by atoms with Gasteiger partial charge in [0.2, 0.25) is 0 Å². The SMILES string of the molecule is O=[P+](OCC=CCBr)OCC=CCBr. The van der Waals surface area contributed by atoms with Crippen molar-refractivity contribution in [3.05, 3.63) is 24.3 Å². The lowest BCUT2D eigenvalue weighted by atomic mass is 10.6. The van der Waals surface area contributed by atoms with Gasteiger partial charge in [-0.1, -0.05) is 56.2 Å². The van der Waals surface area contributed by atoms with Gasteiger partial charge in [0.05, 0.1) is 0 Å². The fourth-order valence-electron chi connectivity index (χ4n) is 0.507. The molecule has 0 aliphatic rings. The fraction of sp³-hybridized carbons (Fsp3) is 0.500. The van der Waals surface area contributed by atoms with Gasteiger partial charge in [-0.2, -0.15) is 0 Å². The maximum Gasteiger partial charge on any atom is 0.698 e. The summed E-state index contributed by atoms with van der Waals surface area (Å²) in [7, 11) is -2.00. The first-order chi connectivity index (χ1) is 6.81. The zero-order valence-corrected chi connectivity index (χ0v) is 11.6. The van der Waals surface area contributed by atoms with Gasteiger partial charge in [0.15, 0.2) is 0 Å². The topological polar surface area (TPSA) is 35.5 Å². The van der Waals surface area contributed by atoms with E-state index in [4.69, 9.17) is 9.05 Å². The molecule has 0 radical (unpaired) electrons. The van der Waals surface area contributed by atoms with E-state index in [0.717, 1.165) is 10.7 Å². The Morgan fingerprint density at radius 3 is 1.71 bits per heavy atom. The second-order valence-corrected chi connectivity index (χ2v) is 4.33. The van der Waals surface area contributed by atoms with Crippen molar-refractivity contribution in [1.82, 2.24) is 0 Å². The van der Waals surface area contributed by atoms with Crippen molar-refractivity contribution in [2.24, 2.45) is 0 Å². The summed E-state index contributed by atoms with van der Waals surface area (Å²) < 4.78 is 20.7. The van der Waals surface area contributed by atoms with Crippen LogP contribution in [0.2, 0.25) is 0 Å². The summed E-state index contributed by atoms with van der Waals surface area (Å²) in [6, 6.07) is 0. The van der Waals surface area contributed by atoms with Crippen molar-refractivity contribution < 1.29 is 13.6 Å². The van der Waals surface area contributed by atoms with Crippen molar-refractivity contribution in [3.8, 4) is 0 Å². The van der Waals surface area contributed by atoms with Gasteiger partial charge in [0.25, 0.3) is 0 Å². The lowest BCUT2D eigenvalue weighted by Gasteiger charge is -1.84. The number of hydrogen-bond donors (Lipinski definition) is 0. The Labute approximate surface area is 102 Å². The van der Waals surface area contributed by atoms with E-state index < -0.39 is 8.25 Å². The minimum Gasteiger partial charge on any atom is -0.115 e. The first kappa shape index (κ1) is 14.5. The molecule has 14 heavy (non-hydrogen) atoms. The van der Waals surface area contributed by atoms with E-state index in [1.54, 1.807) is 12.2 Å². The second-order valence-electron chi connectivity index (χ2n) is 2.07. The maximum absolute atomic E-state index is 11.0. The van der Waals surface area contributed by atoms with Crippen LogP contribution in [0, 0.1) is 0 Å². The molecular formula is C8H12Br2O3P+. The van der Waals surface area contributed by atoms with Crippen molar-refractivity contribution >= 4 is 40.1 Å². The average Bonchev–Trinajstić information content (AvgIpc) is 2.19. The van der Waals surface area contributed by atoms with Crippen LogP contribution in [0.4, 0.5) is 0 Å². The van der Waals surface area contributed by atoms with E-state index in [-0.39, 0.29) is 0 Å². The summed E-state index contributed by atoms with van der Waals surface area (Å²) in [5.74, 6) is 0. The van der Waals surface area contributed by atoms with E-state index >= 15 is 0 Å². The van der Waals surface area contributed by atoms with Crippen LogP contribution in [0.1, 0.15) is 0 Å². The Kier molecular flexibility index (Phi) is 11.9. The van der Waals surface area contributed by atoms with Crippen LogP contribution in [0.15, 0.2) is 24.3 Å². The highest BCUT2D eigenvalue weighted by Crippen LogP contribution is 2.22. The molecule has 0 heterocycles. The molecule has 0 N–H and O–H groups in total. The molecule has 0 aliphatic carbocycles. The molecule has 0 aromatic carbocycles. The number of allylic oxidation sites excluding steroid dienone is 2. The third-order valence-corrected chi connectivity index (χ3v) is 2.53. The number of hydrogen-bond acceptors (Lipinski definition) is 3. The third kappa shape index (κ3) is 10.5. The first-order valence-electron chi connectivity index (χ1n) is 3.96. The lowest BCUT2D eigenvalue weighted by Crippen LogP contribution is -1.86. The smallest absolute Gasteiger partial charge is 0.115 e. The van der Waals surface area contributed by atoms with Crippen LogP contribution in [0.3, 0.4) is 0 Å². The van der Waals surface area contributed by atoms with Gasteiger partial charge in [-0.15, -0.1) is 9.05 Å². The Balaban J connectivity index is 3.37. The van der Waals surface area contributed by atoms with Crippen LogP contribution in [0.25, 0.3) is 0 Å². The fourth-order valence-corrected chi connectivity index (χ4v) is 1.53. The van der Waals surface area contributed by atoms with Crippen LogP contribution in [-0.2, 0) is 13.6 Å². The zero-order valence-electron chi connectivity index (χ0n) is 7.57. The van der Waals surface area contributed by atoms with Gasteiger partial charge in [0.1, 0.15) is 13.2 Å². The quantitative estimate of drug-likeness (QED) is 0.383. The number of rotatable bonds is 8. The highest BCUT2D eigenvalue weighted by atomic mass is 79.9. The molecule has 0 rings (SSSR count). The number of halogens is 2. The summed E-state index contributed by atoms with van der Waals surface area (Å²) in [4.78, 5) is 0. The molecule has 0 spiro atoms. The van der Waals surface area contributed by atoms with Crippen molar-refractivity contribution in [2.45, 2.75) is 0 Å². The third-order valence-electron chi connectivity index (χ3n) is 1.06. The predicted molar refractivity (Wildman–Crippen MR) is 65.4 cm³/mol. The Morgan fingerprint density at radius 1 is 0.929 bits per heavy atom. The van der Waals surface area contributed by atoms with E-state index in [2.05, 4.69) is 31.9 Å². The molecular weight excluding hydrogens is 335 g/mol. The van der Waals surface area contributed by atoms with Gasteiger partial charge in [-0.3, -0.25) is 0 Å². The van der Waals surface area contributed by atoms with Crippen LogP contribution < -0.4 is 0 Å². The molecule has 80 valence electrons. The van der Waals surface area contributed by atoms with Crippen molar-refractivity contribution in [1.29, 1.82) is 0 Å². The van der Waals surface area contributed by atoms with E-state index in [1.165, 1.54) is 0 Å². The largest absolute Gasteiger partial charge is 0.698 e. The monoisotopic (exact) mass is 345 g/mol. The molecule has 0 saturated heterocycles. The minimum atomic E-state index is -2.00. The summed E-state index contributed by atoms with van der Waals surface area (Å²) in [5, 5.41) is 1.53. The Morgan fingerprint density at radius 2 is 1.36 bits per heavy atom. The van der Waals surface area contributed by atoms with Gasteiger partial charge < -0.3 is 0 Å². The van der Waals surface area contributed by atoms with Crippen molar-refractivity contribution in [2.75, 3.05) is 23.9 Å². The molecule has 0 bridgehead atoms. The molecule has 0 saturated carbocycles. The van der Waals surface area contributed by atoms with Crippen LogP contribution >= 0.6 is 40.1 Å². The molecule has 0 aromatic rings. The molecule has 0 atom stereocenters. The van der Waals surface area contributed by atoms with Gasteiger partial charge in [-0.05, 0) is 0 Å². The summed E-state index contributed by atoms with van der Waals surface area (Å²) in [6.07, 6.45) is 7.29. The van der Waals surface area contributed by atoms with Gasteiger partial charge >= 0.3 is 8.25 Å². The standard InChI is InChI=1S/C8H12Br2O3P/c9-5-1-3-7-12-14(11)13-8-4-2-6-10/h1-4H,5-8H2/q+1. The molecule has 0 unspecified atom stereocenters. The predicted octanol–water partition coefficient (Wildman–Crippen LogP) is 3.58.